The molecule has 0 saturated heterocycles. The average Bonchev–Trinajstić information content (AvgIpc) is 2.15. The van der Waals surface area contributed by atoms with Crippen molar-refractivity contribution in [2.45, 2.75) is 32.6 Å². The molecule has 1 atom stereocenters. The van der Waals surface area contributed by atoms with Crippen molar-refractivity contribution < 1.29 is 4.74 Å². The normalized spacial score (nSPS) is 22.3. The molecule has 0 aromatic rings. The summed E-state index contributed by atoms with van der Waals surface area (Å²) in [5.74, 6) is 1.49. The van der Waals surface area contributed by atoms with Gasteiger partial charge in [0.25, 0.3) is 0 Å². The molecule has 1 aliphatic rings. The van der Waals surface area contributed by atoms with Crippen molar-refractivity contribution in [2.75, 3.05) is 13.7 Å². The quantitative estimate of drug-likeness (QED) is 0.613. The first-order valence-electron chi connectivity index (χ1n) is 4.96. The SMILES string of the molecule is C=C(C)CCC1CCCN=C1OC. The van der Waals surface area contributed by atoms with E-state index < -0.39 is 0 Å². The molecule has 1 aliphatic heterocycles. The summed E-state index contributed by atoms with van der Waals surface area (Å²) in [6, 6.07) is 0. The van der Waals surface area contributed by atoms with Crippen LogP contribution in [0.3, 0.4) is 0 Å². The van der Waals surface area contributed by atoms with Gasteiger partial charge >= 0.3 is 0 Å². The Morgan fingerprint density at radius 1 is 1.69 bits per heavy atom. The Balaban J connectivity index is 2.42. The van der Waals surface area contributed by atoms with Crippen molar-refractivity contribution in [3.8, 4) is 0 Å². The summed E-state index contributed by atoms with van der Waals surface area (Å²) in [7, 11) is 1.72. The molecule has 0 amide bonds. The van der Waals surface area contributed by atoms with Gasteiger partial charge < -0.3 is 4.74 Å². The summed E-state index contributed by atoms with van der Waals surface area (Å²) >= 11 is 0. The third-order valence-electron chi connectivity index (χ3n) is 2.46. The number of methoxy groups -OCH3 is 1. The van der Waals surface area contributed by atoms with Crippen LogP contribution < -0.4 is 0 Å². The second kappa shape index (κ2) is 5.05. The van der Waals surface area contributed by atoms with Gasteiger partial charge in [-0.3, -0.25) is 4.99 Å². The lowest BCUT2D eigenvalue weighted by Gasteiger charge is -2.21. The van der Waals surface area contributed by atoms with Crippen molar-refractivity contribution >= 4 is 5.90 Å². The number of nitrogens with zero attached hydrogens (tertiary/aromatic N) is 1. The molecule has 0 spiro atoms. The molecule has 13 heavy (non-hydrogen) atoms. The molecular weight excluding hydrogens is 162 g/mol. The number of hydrogen-bond donors (Lipinski definition) is 0. The zero-order chi connectivity index (χ0) is 9.68. The van der Waals surface area contributed by atoms with Crippen LogP contribution in [0.2, 0.25) is 0 Å². The smallest absolute Gasteiger partial charge is 0.186 e. The summed E-state index contributed by atoms with van der Waals surface area (Å²) < 4.78 is 5.26. The minimum Gasteiger partial charge on any atom is -0.484 e. The van der Waals surface area contributed by atoms with Crippen molar-refractivity contribution in [1.82, 2.24) is 0 Å². The van der Waals surface area contributed by atoms with Crippen LogP contribution in [-0.2, 0) is 4.74 Å². The van der Waals surface area contributed by atoms with Crippen LogP contribution >= 0.6 is 0 Å². The Morgan fingerprint density at radius 3 is 3.08 bits per heavy atom. The van der Waals surface area contributed by atoms with Gasteiger partial charge in [-0.1, -0.05) is 5.57 Å². The summed E-state index contributed by atoms with van der Waals surface area (Å²) in [5, 5.41) is 0. The van der Waals surface area contributed by atoms with E-state index in [-0.39, 0.29) is 0 Å². The second-order valence-electron chi connectivity index (χ2n) is 3.76. The molecule has 0 N–H and O–H groups in total. The van der Waals surface area contributed by atoms with Crippen LogP contribution in [-0.4, -0.2) is 19.6 Å². The molecule has 0 aromatic carbocycles. The van der Waals surface area contributed by atoms with E-state index >= 15 is 0 Å². The van der Waals surface area contributed by atoms with Crippen LogP contribution in [0, 0.1) is 5.92 Å². The Hall–Kier alpha value is -0.790. The van der Waals surface area contributed by atoms with Gasteiger partial charge in [-0.15, -0.1) is 6.58 Å². The van der Waals surface area contributed by atoms with Gasteiger partial charge in [-0.2, -0.15) is 0 Å². The van der Waals surface area contributed by atoms with Gasteiger partial charge in [-0.25, -0.2) is 0 Å². The minimum atomic E-state index is 0.537. The standard InChI is InChI=1S/C11H19NO/c1-9(2)6-7-10-5-4-8-12-11(10)13-3/h10H,1,4-8H2,2-3H3. The van der Waals surface area contributed by atoms with Crippen molar-refractivity contribution in [1.29, 1.82) is 0 Å². The summed E-state index contributed by atoms with van der Waals surface area (Å²) in [5.41, 5.74) is 1.25. The van der Waals surface area contributed by atoms with E-state index in [9.17, 15) is 0 Å². The second-order valence-corrected chi connectivity index (χ2v) is 3.76. The fraction of sp³-hybridized carbons (Fsp3) is 0.727. The van der Waals surface area contributed by atoms with E-state index in [2.05, 4.69) is 18.5 Å². The molecule has 0 fully saturated rings. The topological polar surface area (TPSA) is 21.6 Å². The Bertz CT molecular complexity index is 208. The van der Waals surface area contributed by atoms with Crippen LogP contribution in [0.5, 0.6) is 0 Å². The van der Waals surface area contributed by atoms with E-state index in [0.717, 1.165) is 25.3 Å². The monoisotopic (exact) mass is 181 g/mol. The molecule has 1 rings (SSSR count). The molecule has 2 nitrogen and oxygen atoms in total. The summed E-state index contributed by atoms with van der Waals surface area (Å²) in [4.78, 5) is 4.37. The minimum absolute atomic E-state index is 0.537. The van der Waals surface area contributed by atoms with E-state index in [1.54, 1.807) is 7.11 Å². The Labute approximate surface area is 80.7 Å². The van der Waals surface area contributed by atoms with E-state index in [4.69, 9.17) is 4.74 Å². The number of allylic oxidation sites excluding steroid dienone is 1. The van der Waals surface area contributed by atoms with Gasteiger partial charge in [0.1, 0.15) is 0 Å². The molecule has 1 heterocycles. The third kappa shape index (κ3) is 3.21. The Morgan fingerprint density at radius 2 is 2.46 bits per heavy atom. The van der Waals surface area contributed by atoms with Gasteiger partial charge in [0, 0.05) is 12.5 Å². The van der Waals surface area contributed by atoms with Gasteiger partial charge in [0.2, 0.25) is 0 Å². The van der Waals surface area contributed by atoms with Crippen molar-refractivity contribution in [3.63, 3.8) is 0 Å². The maximum Gasteiger partial charge on any atom is 0.186 e. The summed E-state index contributed by atoms with van der Waals surface area (Å²) in [6.07, 6.45) is 4.66. The van der Waals surface area contributed by atoms with Crippen LogP contribution in [0.25, 0.3) is 0 Å². The number of ether oxygens (including phenoxy) is 1. The fourth-order valence-corrected chi connectivity index (χ4v) is 1.70. The zero-order valence-corrected chi connectivity index (χ0v) is 8.68. The highest BCUT2D eigenvalue weighted by molar-refractivity contribution is 5.79. The van der Waals surface area contributed by atoms with E-state index in [1.807, 2.05) is 0 Å². The first-order chi connectivity index (χ1) is 6.24. The Kier molecular flexibility index (Phi) is 4.00. The van der Waals surface area contributed by atoms with E-state index in [1.165, 1.54) is 18.4 Å². The molecule has 0 aliphatic carbocycles. The lowest BCUT2D eigenvalue weighted by atomic mass is 9.94. The van der Waals surface area contributed by atoms with Crippen LogP contribution in [0.1, 0.15) is 32.6 Å². The van der Waals surface area contributed by atoms with Gasteiger partial charge in [0.05, 0.1) is 7.11 Å². The van der Waals surface area contributed by atoms with Crippen molar-refractivity contribution in [3.05, 3.63) is 12.2 Å². The lowest BCUT2D eigenvalue weighted by Crippen LogP contribution is -2.21. The predicted molar refractivity (Wildman–Crippen MR) is 56.1 cm³/mol. The number of hydrogen-bond acceptors (Lipinski definition) is 2. The maximum absolute atomic E-state index is 5.26. The molecular formula is C11H19NO. The fourth-order valence-electron chi connectivity index (χ4n) is 1.70. The zero-order valence-electron chi connectivity index (χ0n) is 8.68. The first-order valence-corrected chi connectivity index (χ1v) is 4.96. The average molecular weight is 181 g/mol. The molecule has 0 radical (unpaired) electrons. The first kappa shape index (κ1) is 10.3. The van der Waals surface area contributed by atoms with Crippen molar-refractivity contribution in [2.24, 2.45) is 10.9 Å². The number of aliphatic imine (C=N–C) groups is 1. The molecule has 2 heteroatoms. The number of rotatable bonds is 3. The molecule has 0 saturated carbocycles. The predicted octanol–water partition coefficient (Wildman–Crippen LogP) is 2.80. The molecule has 1 unspecified atom stereocenters. The molecule has 0 aromatic heterocycles. The maximum atomic E-state index is 5.26. The van der Waals surface area contributed by atoms with Gasteiger partial charge in [-0.05, 0) is 32.6 Å². The largest absolute Gasteiger partial charge is 0.484 e. The lowest BCUT2D eigenvalue weighted by molar-refractivity contribution is 0.336. The van der Waals surface area contributed by atoms with E-state index in [0.29, 0.717) is 5.92 Å². The van der Waals surface area contributed by atoms with Crippen LogP contribution in [0.15, 0.2) is 17.1 Å². The molecule has 0 bridgehead atoms. The van der Waals surface area contributed by atoms with Crippen LogP contribution in [0.4, 0.5) is 0 Å². The van der Waals surface area contributed by atoms with Gasteiger partial charge in [0.15, 0.2) is 5.90 Å². The molecule has 74 valence electrons. The highest BCUT2D eigenvalue weighted by Crippen LogP contribution is 2.21. The third-order valence-corrected chi connectivity index (χ3v) is 2.46. The summed E-state index contributed by atoms with van der Waals surface area (Å²) in [6.45, 7) is 6.92. The highest BCUT2D eigenvalue weighted by atomic mass is 16.5. The highest BCUT2D eigenvalue weighted by Gasteiger charge is 2.19.